The molecule has 4 rings (SSSR count). The normalized spacial score (nSPS) is 23.1. The molecule has 1 aromatic heterocycles. The molecule has 3 heterocycles. The lowest BCUT2D eigenvalue weighted by Crippen LogP contribution is -2.30. The van der Waals surface area contributed by atoms with Gasteiger partial charge in [0.1, 0.15) is 12.4 Å². The molecule has 1 aromatic carbocycles. The third-order valence-corrected chi connectivity index (χ3v) is 4.26. The number of hydrogen-bond donors (Lipinski definition) is 2. The van der Waals surface area contributed by atoms with E-state index in [1.165, 1.54) is 0 Å². The number of benzene rings is 1. The van der Waals surface area contributed by atoms with Gasteiger partial charge in [-0.05, 0) is 12.5 Å². The molecule has 2 atom stereocenters. The maximum atomic E-state index is 12.6. The van der Waals surface area contributed by atoms with Crippen LogP contribution in [-0.4, -0.2) is 35.9 Å². The van der Waals surface area contributed by atoms with Gasteiger partial charge in [-0.1, -0.05) is 18.2 Å². The lowest BCUT2D eigenvalue weighted by Gasteiger charge is -2.13. The molecule has 0 radical (unpaired) electrons. The minimum atomic E-state index is -0.124. The summed E-state index contributed by atoms with van der Waals surface area (Å²) in [6.07, 6.45) is 2.50. The zero-order valence-corrected chi connectivity index (χ0v) is 12.0. The zero-order chi connectivity index (χ0) is 14.9. The number of carbonyl (C=O) groups is 1. The number of fused-ring (bicyclic) bond motifs is 1. The molecule has 2 aliphatic rings. The first-order chi connectivity index (χ1) is 10.8. The zero-order valence-electron chi connectivity index (χ0n) is 12.0. The lowest BCUT2D eigenvalue weighted by atomic mass is 10.0. The standard InChI is InChI=1S/C16H17N3O3/c20-16(12-7-17-19-15(12)10-5-6-21-8-10)18-13-9-22-14-4-2-1-3-11(13)14/h1-4,7,10,13H,5-6,8-9H2,(H,17,19)(H,18,20)/t10-,13-/m0/s1. The van der Waals surface area contributed by atoms with E-state index < -0.39 is 0 Å². The van der Waals surface area contributed by atoms with Gasteiger partial charge in [0, 0.05) is 18.1 Å². The van der Waals surface area contributed by atoms with Crippen molar-refractivity contribution in [2.24, 2.45) is 0 Å². The van der Waals surface area contributed by atoms with Gasteiger partial charge in [-0.3, -0.25) is 9.89 Å². The minimum absolute atomic E-state index is 0.119. The molecule has 114 valence electrons. The quantitative estimate of drug-likeness (QED) is 0.905. The number of aromatic amines is 1. The summed E-state index contributed by atoms with van der Waals surface area (Å²) in [7, 11) is 0. The van der Waals surface area contributed by atoms with Gasteiger partial charge in [-0.2, -0.15) is 5.10 Å². The Morgan fingerprint density at radius 3 is 3.09 bits per heavy atom. The van der Waals surface area contributed by atoms with Crippen LogP contribution in [0.4, 0.5) is 0 Å². The molecule has 2 aromatic rings. The summed E-state index contributed by atoms with van der Waals surface area (Å²) in [6, 6.07) is 7.66. The average molecular weight is 299 g/mol. The van der Waals surface area contributed by atoms with E-state index in [1.54, 1.807) is 6.20 Å². The largest absolute Gasteiger partial charge is 0.491 e. The molecule has 0 bridgehead atoms. The van der Waals surface area contributed by atoms with Crippen molar-refractivity contribution in [1.29, 1.82) is 0 Å². The van der Waals surface area contributed by atoms with Crippen LogP contribution in [0, 0.1) is 0 Å². The number of nitrogens with zero attached hydrogens (tertiary/aromatic N) is 1. The summed E-state index contributed by atoms with van der Waals surface area (Å²) >= 11 is 0. The Morgan fingerprint density at radius 2 is 2.23 bits per heavy atom. The molecule has 2 aliphatic heterocycles. The lowest BCUT2D eigenvalue weighted by molar-refractivity contribution is 0.0929. The average Bonchev–Trinajstić information content (AvgIpc) is 3.27. The Bertz CT molecular complexity index is 691. The maximum Gasteiger partial charge on any atom is 0.255 e. The fourth-order valence-corrected chi connectivity index (χ4v) is 3.07. The summed E-state index contributed by atoms with van der Waals surface area (Å²) in [5.74, 6) is 0.931. The van der Waals surface area contributed by atoms with E-state index in [4.69, 9.17) is 9.47 Å². The number of rotatable bonds is 3. The number of para-hydroxylation sites is 1. The maximum absolute atomic E-state index is 12.6. The van der Waals surface area contributed by atoms with E-state index in [9.17, 15) is 4.79 Å². The molecule has 1 amide bonds. The van der Waals surface area contributed by atoms with Gasteiger partial charge in [0.15, 0.2) is 0 Å². The number of carbonyl (C=O) groups excluding carboxylic acids is 1. The van der Waals surface area contributed by atoms with Crippen molar-refractivity contribution in [3.05, 3.63) is 47.3 Å². The van der Waals surface area contributed by atoms with Gasteiger partial charge in [0.2, 0.25) is 0 Å². The van der Waals surface area contributed by atoms with E-state index in [2.05, 4.69) is 15.5 Å². The second-order valence-corrected chi connectivity index (χ2v) is 5.63. The van der Waals surface area contributed by atoms with Gasteiger partial charge < -0.3 is 14.8 Å². The highest BCUT2D eigenvalue weighted by molar-refractivity contribution is 5.95. The molecule has 1 saturated heterocycles. The van der Waals surface area contributed by atoms with Crippen molar-refractivity contribution >= 4 is 5.91 Å². The fraction of sp³-hybridized carbons (Fsp3) is 0.375. The minimum Gasteiger partial charge on any atom is -0.491 e. The SMILES string of the molecule is O=C(N[C@H]1COc2ccccc21)c1cn[nH]c1[C@H]1CCOC1. The van der Waals surface area contributed by atoms with E-state index in [-0.39, 0.29) is 17.9 Å². The predicted octanol–water partition coefficient (Wildman–Crippen LogP) is 1.78. The molecular weight excluding hydrogens is 282 g/mol. The van der Waals surface area contributed by atoms with Crippen LogP contribution in [0.5, 0.6) is 5.75 Å². The number of ether oxygens (including phenoxy) is 2. The van der Waals surface area contributed by atoms with Gasteiger partial charge in [0.25, 0.3) is 5.91 Å². The monoisotopic (exact) mass is 299 g/mol. The van der Waals surface area contributed by atoms with Crippen LogP contribution in [0.1, 0.15) is 40.0 Å². The molecule has 0 aliphatic carbocycles. The molecule has 0 saturated carbocycles. The van der Waals surface area contributed by atoms with Crippen LogP contribution >= 0.6 is 0 Å². The Balaban J connectivity index is 1.53. The van der Waals surface area contributed by atoms with Crippen molar-refractivity contribution in [1.82, 2.24) is 15.5 Å². The highest BCUT2D eigenvalue weighted by Crippen LogP contribution is 2.32. The molecular formula is C16H17N3O3. The van der Waals surface area contributed by atoms with E-state index in [0.717, 1.165) is 30.0 Å². The van der Waals surface area contributed by atoms with Crippen LogP contribution in [0.25, 0.3) is 0 Å². The molecule has 22 heavy (non-hydrogen) atoms. The highest BCUT2D eigenvalue weighted by atomic mass is 16.5. The van der Waals surface area contributed by atoms with Crippen molar-refractivity contribution < 1.29 is 14.3 Å². The summed E-state index contributed by atoms with van der Waals surface area (Å²) in [6.45, 7) is 1.83. The van der Waals surface area contributed by atoms with Crippen LogP contribution in [0.2, 0.25) is 0 Å². The summed E-state index contributed by atoms with van der Waals surface area (Å²) in [5.41, 5.74) is 2.48. The van der Waals surface area contributed by atoms with Crippen LogP contribution in [-0.2, 0) is 4.74 Å². The molecule has 2 N–H and O–H groups in total. The summed E-state index contributed by atoms with van der Waals surface area (Å²) < 4.78 is 11.0. The van der Waals surface area contributed by atoms with Crippen molar-refractivity contribution in [2.75, 3.05) is 19.8 Å². The third-order valence-electron chi connectivity index (χ3n) is 4.26. The second-order valence-electron chi connectivity index (χ2n) is 5.63. The Morgan fingerprint density at radius 1 is 1.32 bits per heavy atom. The van der Waals surface area contributed by atoms with E-state index in [1.807, 2.05) is 24.3 Å². The fourth-order valence-electron chi connectivity index (χ4n) is 3.07. The number of hydrogen-bond acceptors (Lipinski definition) is 4. The Labute approximate surface area is 127 Å². The van der Waals surface area contributed by atoms with Gasteiger partial charge in [0.05, 0.1) is 30.1 Å². The highest BCUT2D eigenvalue weighted by Gasteiger charge is 2.29. The van der Waals surface area contributed by atoms with Crippen LogP contribution < -0.4 is 10.1 Å². The second kappa shape index (κ2) is 5.46. The van der Waals surface area contributed by atoms with Gasteiger partial charge in [-0.15, -0.1) is 0 Å². The van der Waals surface area contributed by atoms with Crippen molar-refractivity contribution in [3.63, 3.8) is 0 Å². The summed E-state index contributed by atoms with van der Waals surface area (Å²) in [4.78, 5) is 12.6. The molecule has 0 unspecified atom stereocenters. The number of H-pyrrole nitrogens is 1. The topological polar surface area (TPSA) is 76.2 Å². The van der Waals surface area contributed by atoms with Crippen LogP contribution in [0.15, 0.2) is 30.5 Å². The Kier molecular flexibility index (Phi) is 3.31. The first-order valence-corrected chi connectivity index (χ1v) is 7.46. The molecule has 6 heteroatoms. The first kappa shape index (κ1) is 13.3. The molecule has 6 nitrogen and oxygen atoms in total. The number of aromatic nitrogens is 2. The van der Waals surface area contributed by atoms with Crippen LogP contribution in [0.3, 0.4) is 0 Å². The Hall–Kier alpha value is -2.34. The van der Waals surface area contributed by atoms with E-state index in [0.29, 0.717) is 18.8 Å². The van der Waals surface area contributed by atoms with Gasteiger partial charge >= 0.3 is 0 Å². The van der Waals surface area contributed by atoms with Crippen molar-refractivity contribution in [2.45, 2.75) is 18.4 Å². The number of nitrogens with one attached hydrogen (secondary N) is 2. The first-order valence-electron chi connectivity index (χ1n) is 7.46. The summed E-state index contributed by atoms with van der Waals surface area (Å²) in [5, 5.41) is 10.0. The predicted molar refractivity (Wildman–Crippen MR) is 78.9 cm³/mol. The van der Waals surface area contributed by atoms with Gasteiger partial charge in [-0.25, -0.2) is 0 Å². The van der Waals surface area contributed by atoms with Crippen molar-refractivity contribution in [3.8, 4) is 5.75 Å². The molecule has 1 fully saturated rings. The molecule has 0 spiro atoms. The smallest absolute Gasteiger partial charge is 0.255 e. The number of amides is 1. The third kappa shape index (κ3) is 2.25. The van der Waals surface area contributed by atoms with E-state index >= 15 is 0 Å².